The standard InChI is InChI=1S/C7H26N2O2Si4/c1-14(2)11-13-15(10-12,7-5-9)6-3-4-8/h14H,3-9,13H2,1-2,12H3. The molecule has 15 heavy (non-hydrogen) atoms. The SMILES string of the molecule is C[SiH](C)O[SiH2][Si](CCN)(CCCN)O[SiH3]. The minimum atomic E-state index is -1.55. The first kappa shape index (κ1) is 15.7. The van der Waals surface area contributed by atoms with Crippen molar-refractivity contribution in [3.05, 3.63) is 0 Å². The van der Waals surface area contributed by atoms with Crippen LogP contribution in [0.4, 0.5) is 0 Å². The minimum Gasteiger partial charge on any atom is -0.464 e. The van der Waals surface area contributed by atoms with Gasteiger partial charge in [0.25, 0.3) is 0 Å². The highest BCUT2D eigenvalue weighted by atomic mass is 29.2. The quantitative estimate of drug-likeness (QED) is 0.486. The van der Waals surface area contributed by atoms with E-state index in [-0.39, 0.29) is 0 Å². The predicted molar refractivity (Wildman–Crippen MR) is 77.6 cm³/mol. The smallest absolute Gasteiger partial charge is 0.190 e. The molecule has 0 heterocycles. The molecule has 0 amide bonds. The van der Waals surface area contributed by atoms with Gasteiger partial charge in [-0.2, -0.15) is 0 Å². The monoisotopic (exact) mass is 282 g/mol. The van der Waals surface area contributed by atoms with Crippen molar-refractivity contribution in [3.8, 4) is 0 Å². The summed E-state index contributed by atoms with van der Waals surface area (Å²) in [6.45, 7) is 5.96. The van der Waals surface area contributed by atoms with Crippen LogP contribution in [0.3, 0.4) is 0 Å². The lowest BCUT2D eigenvalue weighted by Gasteiger charge is -2.30. The number of nitrogens with two attached hydrogens (primary N) is 2. The maximum Gasteiger partial charge on any atom is 0.190 e. The first-order valence-electron chi connectivity index (χ1n) is 5.67. The Hall–Kier alpha value is 0.708. The third-order valence-corrected chi connectivity index (χ3v) is 20.1. The van der Waals surface area contributed by atoms with Crippen LogP contribution in [0.25, 0.3) is 0 Å². The summed E-state index contributed by atoms with van der Waals surface area (Å²) in [4.78, 5) is 0. The molecule has 1 atom stereocenters. The summed E-state index contributed by atoms with van der Waals surface area (Å²) in [5, 5.41) is 0. The molecule has 0 bridgehead atoms. The molecule has 0 rings (SSSR count). The zero-order chi connectivity index (χ0) is 11.7. The fourth-order valence-electron chi connectivity index (χ4n) is 1.54. The molecule has 0 aliphatic carbocycles. The highest BCUT2D eigenvalue weighted by Crippen LogP contribution is 2.16. The first-order chi connectivity index (χ1) is 7.10. The van der Waals surface area contributed by atoms with Gasteiger partial charge in [-0.15, -0.1) is 0 Å². The van der Waals surface area contributed by atoms with E-state index in [4.69, 9.17) is 19.7 Å². The van der Waals surface area contributed by atoms with E-state index in [1.54, 1.807) is 0 Å². The Morgan fingerprint density at radius 1 is 1.27 bits per heavy atom. The molecule has 4 N–H and O–H groups in total. The molecule has 8 heteroatoms. The van der Waals surface area contributed by atoms with Crippen molar-refractivity contribution >= 4 is 36.6 Å². The van der Waals surface area contributed by atoms with Gasteiger partial charge in [-0.1, -0.05) is 0 Å². The Morgan fingerprint density at radius 3 is 2.33 bits per heavy atom. The van der Waals surface area contributed by atoms with Gasteiger partial charge in [0.1, 0.15) is 10.5 Å². The topological polar surface area (TPSA) is 70.5 Å². The summed E-state index contributed by atoms with van der Waals surface area (Å²) in [7, 11) is -2.09. The van der Waals surface area contributed by atoms with Gasteiger partial charge >= 0.3 is 0 Å². The number of hydrogen-bond donors (Lipinski definition) is 2. The number of rotatable bonds is 9. The lowest BCUT2D eigenvalue weighted by molar-refractivity contribution is 0.573. The van der Waals surface area contributed by atoms with Crippen molar-refractivity contribution in [3.63, 3.8) is 0 Å². The molecule has 0 aromatic carbocycles. The average Bonchev–Trinajstić information content (AvgIpc) is 2.22. The number of hydrogen-bond acceptors (Lipinski definition) is 4. The van der Waals surface area contributed by atoms with E-state index in [0.29, 0.717) is 0 Å². The molecule has 0 radical (unpaired) electrons. The maximum absolute atomic E-state index is 5.99. The van der Waals surface area contributed by atoms with Gasteiger partial charge in [-0.3, -0.25) is 0 Å². The van der Waals surface area contributed by atoms with Gasteiger partial charge in [0, 0.05) is 0 Å². The minimum absolute atomic E-state index is 0.483. The van der Waals surface area contributed by atoms with Crippen molar-refractivity contribution in [1.82, 2.24) is 0 Å². The molecular weight excluding hydrogens is 256 g/mol. The van der Waals surface area contributed by atoms with E-state index in [1.807, 2.05) is 0 Å². The fourth-order valence-corrected chi connectivity index (χ4v) is 17.1. The van der Waals surface area contributed by atoms with Gasteiger partial charge in [0.05, 0.1) is 0 Å². The van der Waals surface area contributed by atoms with Crippen molar-refractivity contribution in [2.45, 2.75) is 31.6 Å². The molecule has 0 spiro atoms. The molecule has 0 aromatic rings. The van der Waals surface area contributed by atoms with Crippen LogP contribution in [0, 0.1) is 0 Å². The Balaban J connectivity index is 4.21. The second-order valence-electron chi connectivity index (χ2n) is 4.18. The Bertz CT molecular complexity index is 164. The third kappa shape index (κ3) is 6.79. The molecule has 4 nitrogen and oxygen atoms in total. The summed E-state index contributed by atoms with van der Waals surface area (Å²) in [5.41, 5.74) is 11.3. The lowest BCUT2D eigenvalue weighted by Crippen LogP contribution is -2.49. The molecule has 92 valence electrons. The van der Waals surface area contributed by atoms with Gasteiger partial charge in [0.15, 0.2) is 26.2 Å². The third-order valence-electron chi connectivity index (χ3n) is 2.55. The molecule has 0 saturated carbocycles. The van der Waals surface area contributed by atoms with Crippen molar-refractivity contribution in [2.75, 3.05) is 13.1 Å². The highest BCUT2D eigenvalue weighted by molar-refractivity contribution is 7.21. The predicted octanol–water partition coefficient (Wildman–Crippen LogP) is -1.88. The highest BCUT2D eigenvalue weighted by Gasteiger charge is 2.33. The van der Waals surface area contributed by atoms with Gasteiger partial charge in [0.2, 0.25) is 0 Å². The van der Waals surface area contributed by atoms with E-state index < -0.39 is 26.2 Å². The molecule has 0 aliphatic rings. The van der Waals surface area contributed by atoms with Crippen LogP contribution in [-0.4, -0.2) is 49.7 Å². The van der Waals surface area contributed by atoms with Gasteiger partial charge in [-0.25, -0.2) is 0 Å². The largest absolute Gasteiger partial charge is 0.464 e. The Morgan fingerprint density at radius 2 is 1.93 bits per heavy atom. The fraction of sp³-hybridized carbons (Fsp3) is 1.00. The second kappa shape index (κ2) is 8.81. The summed E-state index contributed by atoms with van der Waals surface area (Å²) < 4.78 is 11.9. The van der Waals surface area contributed by atoms with E-state index in [2.05, 4.69) is 13.1 Å². The second-order valence-corrected chi connectivity index (χ2v) is 17.6. The zero-order valence-electron chi connectivity index (χ0n) is 10.3. The maximum atomic E-state index is 5.99. The Labute approximate surface area is 101 Å². The molecule has 0 aliphatic heterocycles. The Kier molecular flexibility index (Phi) is 9.23. The van der Waals surface area contributed by atoms with E-state index >= 15 is 0 Å². The van der Waals surface area contributed by atoms with Crippen molar-refractivity contribution in [2.24, 2.45) is 11.5 Å². The molecule has 0 fully saturated rings. The first-order valence-corrected chi connectivity index (χ1v) is 14.5. The van der Waals surface area contributed by atoms with E-state index in [0.717, 1.165) is 42.1 Å². The van der Waals surface area contributed by atoms with Crippen LogP contribution >= 0.6 is 0 Å². The summed E-state index contributed by atoms with van der Waals surface area (Å²) in [6, 6.07) is 2.24. The van der Waals surface area contributed by atoms with Crippen LogP contribution in [-0.2, 0) is 8.23 Å². The van der Waals surface area contributed by atoms with E-state index in [9.17, 15) is 0 Å². The normalized spacial score (nSPS) is 16.6. The lowest BCUT2D eigenvalue weighted by atomic mass is 10.5. The zero-order valence-corrected chi connectivity index (χ0v) is 15.9. The van der Waals surface area contributed by atoms with Crippen molar-refractivity contribution in [1.29, 1.82) is 0 Å². The molecule has 0 aromatic heterocycles. The van der Waals surface area contributed by atoms with Crippen LogP contribution in [0.2, 0.25) is 25.2 Å². The van der Waals surface area contributed by atoms with E-state index in [1.165, 1.54) is 0 Å². The summed E-state index contributed by atoms with van der Waals surface area (Å²) in [5.74, 6) is 0. The van der Waals surface area contributed by atoms with Crippen LogP contribution in [0.1, 0.15) is 6.42 Å². The molecular formula is C7H26N2O2Si4. The summed E-state index contributed by atoms with van der Waals surface area (Å²) >= 11 is 0. The van der Waals surface area contributed by atoms with Gasteiger partial charge < -0.3 is 19.7 Å². The molecule has 1 unspecified atom stereocenters. The van der Waals surface area contributed by atoms with Gasteiger partial charge in [-0.05, 0) is 44.7 Å². The summed E-state index contributed by atoms with van der Waals surface area (Å²) in [6.07, 6.45) is 1.07. The van der Waals surface area contributed by atoms with Crippen LogP contribution < -0.4 is 11.5 Å². The molecule has 0 saturated heterocycles. The van der Waals surface area contributed by atoms with Crippen LogP contribution in [0.15, 0.2) is 0 Å². The van der Waals surface area contributed by atoms with Crippen molar-refractivity contribution < 1.29 is 8.23 Å². The van der Waals surface area contributed by atoms with Crippen LogP contribution in [0.5, 0.6) is 0 Å². The average molecular weight is 283 g/mol.